The maximum absolute atomic E-state index is 11.9. The van der Waals surface area contributed by atoms with Gasteiger partial charge in [-0.05, 0) is 44.0 Å². The van der Waals surface area contributed by atoms with Gasteiger partial charge in [0.2, 0.25) is 5.91 Å². The number of benzene rings is 1. The van der Waals surface area contributed by atoms with Crippen LogP contribution in [0.5, 0.6) is 0 Å². The van der Waals surface area contributed by atoms with Gasteiger partial charge in [-0.3, -0.25) is 4.79 Å². The number of hydrogen-bond acceptors (Lipinski definition) is 3. The van der Waals surface area contributed by atoms with Crippen molar-refractivity contribution in [1.82, 2.24) is 4.90 Å². The van der Waals surface area contributed by atoms with Crippen LogP contribution in [0.3, 0.4) is 0 Å². The summed E-state index contributed by atoms with van der Waals surface area (Å²) in [5, 5.41) is 3.42. The molecule has 5 heteroatoms. The van der Waals surface area contributed by atoms with Crippen LogP contribution in [-0.4, -0.2) is 37.0 Å². The number of nitrogens with zero attached hydrogens (tertiary/aromatic N) is 1. The number of amides is 1. The Morgan fingerprint density at radius 3 is 3.00 bits per heavy atom. The predicted octanol–water partition coefficient (Wildman–Crippen LogP) is 2.34. The van der Waals surface area contributed by atoms with E-state index in [1.165, 1.54) is 12.8 Å². The van der Waals surface area contributed by atoms with Crippen molar-refractivity contribution in [3.05, 3.63) is 29.3 Å². The standard InChI is InChI=1S/C15H22ClN3O/c16-13-5-1-2-6-14(13)18-15(20)7-9-19-8-3-4-12(10-17)11-19/h1-2,5-6,12H,3-4,7-11,17H2,(H,18,20). The van der Waals surface area contributed by atoms with Gasteiger partial charge in [0.15, 0.2) is 0 Å². The van der Waals surface area contributed by atoms with E-state index in [2.05, 4.69) is 10.2 Å². The molecule has 1 saturated heterocycles. The summed E-state index contributed by atoms with van der Waals surface area (Å²) in [6.45, 7) is 3.60. The molecule has 0 spiro atoms. The molecule has 1 amide bonds. The number of piperidine rings is 1. The van der Waals surface area contributed by atoms with Gasteiger partial charge in [-0.15, -0.1) is 0 Å². The number of anilines is 1. The Labute approximate surface area is 125 Å². The predicted molar refractivity (Wildman–Crippen MR) is 82.9 cm³/mol. The molecule has 1 heterocycles. The van der Waals surface area contributed by atoms with Crippen LogP contribution < -0.4 is 11.1 Å². The van der Waals surface area contributed by atoms with Crippen molar-refractivity contribution >= 4 is 23.2 Å². The molecule has 0 aliphatic carbocycles. The number of hydrogen-bond donors (Lipinski definition) is 2. The fourth-order valence-corrected chi connectivity index (χ4v) is 2.76. The highest BCUT2D eigenvalue weighted by atomic mass is 35.5. The van der Waals surface area contributed by atoms with Crippen LogP contribution >= 0.6 is 11.6 Å². The Balaban J connectivity index is 1.76. The molecule has 1 unspecified atom stereocenters. The molecule has 1 aromatic carbocycles. The minimum absolute atomic E-state index is 0.00738. The van der Waals surface area contributed by atoms with Gasteiger partial charge in [-0.2, -0.15) is 0 Å². The third-order valence-corrected chi connectivity index (χ3v) is 4.07. The van der Waals surface area contributed by atoms with E-state index in [-0.39, 0.29) is 5.91 Å². The van der Waals surface area contributed by atoms with E-state index in [1.807, 2.05) is 18.2 Å². The second-order valence-electron chi connectivity index (χ2n) is 5.32. The average molecular weight is 296 g/mol. The molecule has 1 atom stereocenters. The number of halogens is 1. The van der Waals surface area contributed by atoms with Gasteiger partial charge in [0.25, 0.3) is 0 Å². The number of likely N-dealkylation sites (tertiary alicyclic amines) is 1. The SMILES string of the molecule is NCC1CCCN(CCC(=O)Nc2ccccc2Cl)C1. The van der Waals surface area contributed by atoms with E-state index in [9.17, 15) is 4.79 Å². The summed E-state index contributed by atoms with van der Waals surface area (Å²) >= 11 is 6.02. The van der Waals surface area contributed by atoms with E-state index in [0.29, 0.717) is 23.0 Å². The Bertz CT molecular complexity index is 452. The molecule has 0 bridgehead atoms. The zero-order valence-corrected chi connectivity index (χ0v) is 12.4. The lowest BCUT2D eigenvalue weighted by atomic mass is 9.98. The van der Waals surface area contributed by atoms with Gasteiger partial charge < -0.3 is 16.0 Å². The molecule has 0 saturated carbocycles. The largest absolute Gasteiger partial charge is 0.330 e. The van der Waals surface area contributed by atoms with Crippen molar-refractivity contribution in [3.63, 3.8) is 0 Å². The lowest BCUT2D eigenvalue weighted by Gasteiger charge is -2.31. The summed E-state index contributed by atoms with van der Waals surface area (Å²) < 4.78 is 0. The lowest BCUT2D eigenvalue weighted by molar-refractivity contribution is -0.116. The molecular formula is C15H22ClN3O. The fraction of sp³-hybridized carbons (Fsp3) is 0.533. The quantitative estimate of drug-likeness (QED) is 0.876. The zero-order valence-electron chi connectivity index (χ0n) is 11.6. The number of rotatable bonds is 5. The molecule has 20 heavy (non-hydrogen) atoms. The molecule has 0 radical (unpaired) electrons. The Hall–Kier alpha value is -1.10. The van der Waals surface area contributed by atoms with Crippen LogP contribution in [-0.2, 0) is 4.79 Å². The van der Waals surface area contributed by atoms with E-state index in [4.69, 9.17) is 17.3 Å². The summed E-state index contributed by atoms with van der Waals surface area (Å²) in [6, 6.07) is 7.29. The highest BCUT2D eigenvalue weighted by Crippen LogP contribution is 2.20. The van der Waals surface area contributed by atoms with Crippen LogP contribution in [0.15, 0.2) is 24.3 Å². The van der Waals surface area contributed by atoms with Crippen LogP contribution in [0, 0.1) is 5.92 Å². The lowest BCUT2D eigenvalue weighted by Crippen LogP contribution is -2.39. The summed E-state index contributed by atoms with van der Waals surface area (Å²) in [7, 11) is 0. The molecule has 4 nitrogen and oxygen atoms in total. The first-order chi connectivity index (χ1) is 9.69. The van der Waals surface area contributed by atoms with E-state index in [1.54, 1.807) is 6.07 Å². The molecule has 1 aromatic rings. The Kier molecular flexibility index (Phi) is 5.83. The first-order valence-electron chi connectivity index (χ1n) is 7.16. The van der Waals surface area contributed by atoms with Crippen LogP contribution in [0.2, 0.25) is 5.02 Å². The molecule has 2 rings (SSSR count). The number of nitrogens with two attached hydrogens (primary N) is 1. The molecule has 110 valence electrons. The van der Waals surface area contributed by atoms with Crippen molar-refractivity contribution in [2.45, 2.75) is 19.3 Å². The van der Waals surface area contributed by atoms with Gasteiger partial charge in [0.1, 0.15) is 0 Å². The monoisotopic (exact) mass is 295 g/mol. The highest BCUT2D eigenvalue weighted by molar-refractivity contribution is 6.33. The fourth-order valence-electron chi connectivity index (χ4n) is 2.58. The third kappa shape index (κ3) is 4.47. The first kappa shape index (κ1) is 15.3. The molecule has 1 aliphatic heterocycles. The maximum atomic E-state index is 11.9. The van der Waals surface area contributed by atoms with E-state index in [0.717, 1.165) is 26.2 Å². The summed E-state index contributed by atoms with van der Waals surface area (Å²) in [5.74, 6) is 0.586. The smallest absolute Gasteiger partial charge is 0.225 e. The van der Waals surface area contributed by atoms with Crippen molar-refractivity contribution < 1.29 is 4.79 Å². The molecular weight excluding hydrogens is 274 g/mol. The minimum Gasteiger partial charge on any atom is -0.330 e. The molecule has 3 N–H and O–H groups in total. The average Bonchev–Trinajstić information content (AvgIpc) is 2.48. The van der Waals surface area contributed by atoms with Crippen molar-refractivity contribution in [3.8, 4) is 0 Å². The van der Waals surface area contributed by atoms with Crippen molar-refractivity contribution in [2.75, 3.05) is 31.5 Å². The van der Waals surface area contributed by atoms with Crippen molar-refractivity contribution in [1.29, 1.82) is 0 Å². The van der Waals surface area contributed by atoms with Gasteiger partial charge in [-0.25, -0.2) is 0 Å². The van der Waals surface area contributed by atoms with E-state index >= 15 is 0 Å². The Morgan fingerprint density at radius 2 is 2.25 bits per heavy atom. The van der Waals surface area contributed by atoms with Gasteiger partial charge in [0.05, 0.1) is 10.7 Å². The van der Waals surface area contributed by atoms with Gasteiger partial charge in [0, 0.05) is 19.5 Å². The molecule has 1 aliphatic rings. The molecule has 0 aromatic heterocycles. The van der Waals surface area contributed by atoms with Crippen LogP contribution in [0.4, 0.5) is 5.69 Å². The van der Waals surface area contributed by atoms with Crippen molar-refractivity contribution in [2.24, 2.45) is 11.7 Å². The topological polar surface area (TPSA) is 58.4 Å². The number of carbonyl (C=O) groups excluding carboxylic acids is 1. The second kappa shape index (κ2) is 7.62. The number of nitrogens with one attached hydrogen (secondary N) is 1. The Morgan fingerprint density at radius 1 is 1.45 bits per heavy atom. The van der Waals surface area contributed by atoms with Gasteiger partial charge >= 0.3 is 0 Å². The summed E-state index contributed by atoms with van der Waals surface area (Å²) in [5.41, 5.74) is 6.40. The second-order valence-corrected chi connectivity index (χ2v) is 5.73. The normalized spacial score (nSPS) is 19.8. The first-order valence-corrected chi connectivity index (χ1v) is 7.53. The summed E-state index contributed by atoms with van der Waals surface area (Å²) in [6.07, 6.45) is 2.87. The summed E-state index contributed by atoms with van der Waals surface area (Å²) in [4.78, 5) is 14.3. The minimum atomic E-state index is 0.00738. The zero-order chi connectivity index (χ0) is 14.4. The van der Waals surface area contributed by atoms with Crippen LogP contribution in [0.25, 0.3) is 0 Å². The third-order valence-electron chi connectivity index (χ3n) is 3.74. The number of carbonyl (C=O) groups is 1. The van der Waals surface area contributed by atoms with Crippen LogP contribution in [0.1, 0.15) is 19.3 Å². The highest BCUT2D eigenvalue weighted by Gasteiger charge is 2.19. The van der Waals surface area contributed by atoms with Gasteiger partial charge in [-0.1, -0.05) is 23.7 Å². The van der Waals surface area contributed by atoms with E-state index < -0.39 is 0 Å². The molecule has 1 fully saturated rings. The number of para-hydroxylation sites is 1. The maximum Gasteiger partial charge on any atom is 0.225 e.